The van der Waals surface area contributed by atoms with Gasteiger partial charge in [0.1, 0.15) is 5.75 Å². The van der Waals surface area contributed by atoms with Gasteiger partial charge in [0.15, 0.2) is 0 Å². The Morgan fingerprint density at radius 3 is 2.68 bits per heavy atom. The summed E-state index contributed by atoms with van der Waals surface area (Å²) in [5, 5.41) is 12.9. The molecule has 1 aromatic rings. The van der Waals surface area contributed by atoms with Gasteiger partial charge < -0.3 is 20.1 Å². The number of nitrogens with one attached hydrogen (secondary N) is 1. The second-order valence-electron chi connectivity index (χ2n) is 7.52. The summed E-state index contributed by atoms with van der Waals surface area (Å²) in [5.74, 6) is 1.05. The monoisotopic (exact) mass is 346 g/mol. The molecule has 3 rings (SSSR count). The number of aliphatic hydroxyl groups excluding tert-OH is 1. The Hall–Kier alpha value is -1.75. The molecule has 2 atom stereocenters. The normalized spacial score (nSPS) is 23.6. The quantitative estimate of drug-likeness (QED) is 0.849. The van der Waals surface area contributed by atoms with E-state index in [4.69, 9.17) is 4.74 Å². The number of urea groups is 1. The Balaban J connectivity index is 1.60. The van der Waals surface area contributed by atoms with E-state index in [1.165, 1.54) is 12.8 Å². The van der Waals surface area contributed by atoms with Crippen LogP contribution in [0.3, 0.4) is 0 Å². The smallest absolute Gasteiger partial charge is 0.321 e. The number of benzene rings is 1. The first-order chi connectivity index (χ1) is 12.0. The number of anilines is 1. The van der Waals surface area contributed by atoms with Crippen LogP contribution in [0.25, 0.3) is 0 Å². The Morgan fingerprint density at radius 2 is 2.00 bits per heavy atom. The minimum Gasteiger partial charge on any atom is -0.490 e. The lowest BCUT2D eigenvalue weighted by molar-refractivity contribution is 0.116. The number of hydrogen-bond acceptors (Lipinski definition) is 3. The molecule has 25 heavy (non-hydrogen) atoms. The fraction of sp³-hybridized carbons (Fsp3) is 0.650. The van der Waals surface area contributed by atoms with E-state index in [1.807, 2.05) is 25.1 Å². The Morgan fingerprint density at radius 1 is 1.24 bits per heavy atom. The highest BCUT2D eigenvalue weighted by atomic mass is 16.5. The molecule has 0 bridgehead atoms. The minimum atomic E-state index is -0.278. The van der Waals surface area contributed by atoms with Crippen molar-refractivity contribution < 1.29 is 14.6 Å². The van der Waals surface area contributed by atoms with Gasteiger partial charge in [0.2, 0.25) is 0 Å². The topological polar surface area (TPSA) is 61.8 Å². The SMILES string of the molecule is Cc1c(NC(=O)N(C)CC2CCCC2O)cccc1OC1CCCC1. The number of carbonyl (C=O) groups excluding carboxylic acids is 1. The predicted molar refractivity (Wildman–Crippen MR) is 99.1 cm³/mol. The van der Waals surface area contributed by atoms with Crippen molar-refractivity contribution in [2.75, 3.05) is 18.9 Å². The van der Waals surface area contributed by atoms with E-state index in [-0.39, 0.29) is 18.1 Å². The third-order valence-electron chi connectivity index (χ3n) is 5.60. The molecule has 138 valence electrons. The van der Waals surface area contributed by atoms with Crippen LogP contribution in [0.15, 0.2) is 18.2 Å². The fourth-order valence-corrected chi connectivity index (χ4v) is 3.94. The summed E-state index contributed by atoms with van der Waals surface area (Å²) in [6.45, 7) is 2.57. The van der Waals surface area contributed by atoms with Crippen molar-refractivity contribution in [1.29, 1.82) is 0 Å². The molecule has 5 nitrogen and oxygen atoms in total. The summed E-state index contributed by atoms with van der Waals surface area (Å²) in [6.07, 6.45) is 7.60. The molecule has 2 unspecified atom stereocenters. The summed E-state index contributed by atoms with van der Waals surface area (Å²) in [7, 11) is 1.79. The summed E-state index contributed by atoms with van der Waals surface area (Å²) >= 11 is 0. The number of aliphatic hydroxyl groups is 1. The maximum Gasteiger partial charge on any atom is 0.321 e. The first-order valence-corrected chi connectivity index (χ1v) is 9.51. The molecule has 2 amide bonds. The number of nitrogens with zero attached hydrogens (tertiary/aromatic N) is 1. The van der Waals surface area contributed by atoms with Gasteiger partial charge in [-0.15, -0.1) is 0 Å². The second-order valence-corrected chi connectivity index (χ2v) is 7.52. The van der Waals surface area contributed by atoms with Crippen molar-refractivity contribution in [3.63, 3.8) is 0 Å². The van der Waals surface area contributed by atoms with Crippen molar-refractivity contribution in [1.82, 2.24) is 4.90 Å². The molecule has 2 fully saturated rings. The lowest BCUT2D eigenvalue weighted by Crippen LogP contribution is -2.37. The second kappa shape index (κ2) is 8.09. The van der Waals surface area contributed by atoms with Crippen molar-refractivity contribution >= 4 is 11.7 Å². The molecule has 0 radical (unpaired) electrons. The lowest BCUT2D eigenvalue weighted by Gasteiger charge is -2.24. The Labute approximate surface area is 150 Å². The standard InChI is InChI=1S/C20H30N2O3/c1-14-17(10-6-12-19(14)25-16-8-3-4-9-16)21-20(24)22(2)13-15-7-5-11-18(15)23/h6,10,12,15-16,18,23H,3-5,7-9,11,13H2,1-2H3,(H,21,24). The highest BCUT2D eigenvalue weighted by Crippen LogP contribution is 2.30. The van der Waals surface area contributed by atoms with Gasteiger partial charge in [0.25, 0.3) is 0 Å². The molecule has 1 aromatic carbocycles. The first kappa shape index (κ1) is 18.1. The summed E-state index contributed by atoms with van der Waals surface area (Å²) in [4.78, 5) is 14.2. The third-order valence-corrected chi connectivity index (χ3v) is 5.60. The van der Waals surface area contributed by atoms with Gasteiger partial charge >= 0.3 is 6.03 Å². The predicted octanol–water partition coefficient (Wildman–Crippen LogP) is 3.94. The zero-order valence-electron chi connectivity index (χ0n) is 15.3. The van der Waals surface area contributed by atoms with Crippen LogP contribution < -0.4 is 10.1 Å². The molecule has 2 aliphatic carbocycles. The summed E-state index contributed by atoms with van der Waals surface area (Å²) in [6, 6.07) is 5.67. The van der Waals surface area contributed by atoms with Crippen LogP contribution in [0.2, 0.25) is 0 Å². The van der Waals surface area contributed by atoms with Gasteiger partial charge in [0.05, 0.1) is 12.2 Å². The summed E-state index contributed by atoms with van der Waals surface area (Å²) in [5.41, 5.74) is 1.76. The van der Waals surface area contributed by atoms with Gasteiger partial charge in [-0.25, -0.2) is 4.79 Å². The van der Waals surface area contributed by atoms with E-state index in [0.717, 1.165) is 49.1 Å². The van der Waals surface area contributed by atoms with E-state index in [1.54, 1.807) is 11.9 Å². The van der Waals surface area contributed by atoms with Gasteiger partial charge in [-0.3, -0.25) is 0 Å². The number of hydrogen-bond donors (Lipinski definition) is 2. The maximum atomic E-state index is 12.5. The fourth-order valence-electron chi connectivity index (χ4n) is 3.94. The lowest BCUT2D eigenvalue weighted by atomic mass is 10.1. The molecule has 2 aliphatic rings. The highest BCUT2D eigenvalue weighted by Gasteiger charge is 2.27. The molecular weight excluding hydrogens is 316 g/mol. The van der Waals surface area contributed by atoms with E-state index in [0.29, 0.717) is 12.6 Å². The highest BCUT2D eigenvalue weighted by molar-refractivity contribution is 5.90. The van der Waals surface area contributed by atoms with Gasteiger partial charge in [-0.05, 0) is 57.6 Å². The largest absolute Gasteiger partial charge is 0.490 e. The molecule has 0 spiro atoms. The van der Waals surface area contributed by atoms with E-state index < -0.39 is 0 Å². The van der Waals surface area contributed by atoms with E-state index in [9.17, 15) is 9.90 Å². The molecule has 0 heterocycles. The zero-order valence-corrected chi connectivity index (χ0v) is 15.3. The number of rotatable bonds is 5. The van der Waals surface area contributed by atoms with Crippen LogP contribution in [0.1, 0.15) is 50.5 Å². The minimum absolute atomic E-state index is 0.139. The Kier molecular flexibility index (Phi) is 5.84. The van der Waals surface area contributed by atoms with Crippen LogP contribution >= 0.6 is 0 Å². The van der Waals surface area contributed by atoms with Gasteiger partial charge in [-0.1, -0.05) is 12.5 Å². The van der Waals surface area contributed by atoms with Gasteiger partial charge in [-0.2, -0.15) is 0 Å². The maximum absolute atomic E-state index is 12.5. The third kappa shape index (κ3) is 4.46. The number of carbonyl (C=O) groups is 1. The van der Waals surface area contributed by atoms with Gasteiger partial charge in [0, 0.05) is 30.8 Å². The summed E-state index contributed by atoms with van der Waals surface area (Å²) < 4.78 is 6.11. The molecule has 0 aromatic heterocycles. The van der Waals surface area contributed by atoms with Crippen LogP contribution in [-0.4, -0.2) is 41.8 Å². The van der Waals surface area contributed by atoms with Crippen LogP contribution in [0, 0.1) is 12.8 Å². The van der Waals surface area contributed by atoms with Crippen molar-refractivity contribution in [3.05, 3.63) is 23.8 Å². The molecule has 0 aliphatic heterocycles. The van der Waals surface area contributed by atoms with Crippen LogP contribution in [0.5, 0.6) is 5.75 Å². The average molecular weight is 346 g/mol. The molecule has 2 N–H and O–H groups in total. The van der Waals surface area contributed by atoms with Crippen molar-refractivity contribution in [2.45, 2.75) is 64.1 Å². The van der Waals surface area contributed by atoms with Crippen LogP contribution in [-0.2, 0) is 0 Å². The molecule has 2 saturated carbocycles. The average Bonchev–Trinajstić information content (AvgIpc) is 3.23. The molecular formula is C20H30N2O3. The number of amides is 2. The molecule has 0 saturated heterocycles. The molecule has 5 heteroatoms. The van der Waals surface area contributed by atoms with E-state index >= 15 is 0 Å². The van der Waals surface area contributed by atoms with Crippen LogP contribution in [0.4, 0.5) is 10.5 Å². The zero-order chi connectivity index (χ0) is 17.8. The number of ether oxygens (including phenoxy) is 1. The first-order valence-electron chi connectivity index (χ1n) is 9.51. The van der Waals surface area contributed by atoms with Crippen molar-refractivity contribution in [3.8, 4) is 5.75 Å². The van der Waals surface area contributed by atoms with E-state index in [2.05, 4.69) is 5.32 Å². The van der Waals surface area contributed by atoms with Crippen molar-refractivity contribution in [2.24, 2.45) is 5.92 Å². The Bertz CT molecular complexity index is 599.